The van der Waals surface area contributed by atoms with Crippen LogP contribution in [0.15, 0.2) is 24.3 Å². The minimum Gasteiger partial charge on any atom is -0.326 e. The highest BCUT2D eigenvalue weighted by Crippen LogP contribution is 2.12. The maximum Gasteiger partial charge on any atom is 0.224 e. The van der Waals surface area contributed by atoms with Gasteiger partial charge in [-0.25, -0.2) is 0 Å². The number of amides is 1. The van der Waals surface area contributed by atoms with Crippen LogP contribution in [0.2, 0.25) is 0 Å². The summed E-state index contributed by atoms with van der Waals surface area (Å²) in [6.07, 6.45) is 1.05. The highest BCUT2D eigenvalue weighted by atomic mass is 32.2. The number of anilines is 1. The molecule has 0 radical (unpaired) electrons. The molecule has 0 fully saturated rings. The van der Waals surface area contributed by atoms with Crippen LogP contribution in [-0.2, 0) is 22.1 Å². The van der Waals surface area contributed by atoms with Crippen molar-refractivity contribution in [1.82, 2.24) is 0 Å². The van der Waals surface area contributed by atoms with Gasteiger partial charge in [0.15, 0.2) is 0 Å². The third kappa shape index (κ3) is 6.40. The smallest absolute Gasteiger partial charge is 0.224 e. The van der Waals surface area contributed by atoms with Crippen LogP contribution < -0.4 is 11.1 Å². The molecular weight excluding hydrogens is 284 g/mol. The number of rotatable bonds is 8. The van der Waals surface area contributed by atoms with Crippen molar-refractivity contribution in [3.05, 3.63) is 29.8 Å². The molecule has 1 amide bonds. The van der Waals surface area contributed by atoms with Gasteiger partial charge in [-0.3, -0.25) is 9.00 Å². The van der Waals surface area contributed by atoms with E-state index in [4.69, 9.17) is 5.73 Å². The minimum absolute atomic E-state index is 0.0373. The first-order chi connectivity index (χ1) is 9.93. The van der Waals surface area contributed by atoms with Gasteiger partial charge in [-0.1, -0.05) is 32.9 Å². The average molecular weight is 310 g/mol. The van der Waals surface area contributed by atoms with Crippen LogP contribution in [0.3, 0.4) is 0 Å². The number of hydrogen-bond donors (Lipinski definition) is 2. The Bertz CT molecular complexity index is 472. The first-order valence-corrected chi connectivity index (χ1v) is 8.78. The van der Waals surface area contributed by atoms with Crippen molar-refractivity contribution in [1.29, 1.82) is 0 Å². The lowest BCUT2D eigenvalue weighted by atomic mass is 10.2. The molecule has 2 atom stereocenters. The molecule has 21 heavy (non-hydrogen) atoms. The number of benzene rings is 1. The molecular formula is C16H26N2O2S. The summed E-state index contributed by atoms with van der Waals surface area (Å²) in [5, 5.41) is 3.02. The van der Waals surface area contributed by atoms with Gasteiger partial charge in [0.1, 0.15) is 0 Å². The van der Waals surface area contributed by atoms with Gasteiger partial charge in [0.05, 0.1) is 0 Å². The fourth-order valence-corrected chi connectivity index (χ4v) is 3.22. The van der Waals surface area contributed by atoms with Crippen molar-refractivity contribution in [3.63, 3.8) is 0 Å². The van der Waals surface area contributed by atoms with Crippen molar-refractivity contribution in [3.8, 4) is 0 Å². The van der Waals surface area contributed by atoms with Gasteiger partial charge in [0, 0.05) is 40.5 Å². The highest BCUT2D eigenvalue weighted by molar-refractivity contribution is 7.85. The molecule has 0 aromatic heterocycles. The molecule has 0 bridgehead atoms. The number of carbonyl (C=O) groups excluding carboxylic acids is 1. The van der Waals surface area contributed by atoms with Crippen LogP contribution in [0.5, 0.6) is 0 Å². The Hall–Kier alpha value is -1.20. The second-order valence-electron chi connectivity index (χ2n) is 5.59. The first kappa shape index (κ1) is 17.9. The van der Waals surface area contributed by atoms with Crippen molar-refractivity contribution in [2.45, 2.75) is 45.4 Å². The van der Waals surface area contributed by atoms with Gasteiger partial charge in [0.2, 0.25) is 5.91 Å². The van der Waals surface area contributed by atoms with E-state index in [-0.39, 0.29) is 11.2 Å². The van der Waals surface area contributed by atoms with E-state index >= 15 is 0 Å². The lowest BCUT2D eigenvalue weighted by Crippen LogP contribution is -2.21. The van der Waals surface area contributed by atoms with Crippen LogP contribution in [0, 0.1) is 5.92 Å². The highest BCUT2D eigenvalue weighted by Gasteiger charge is 2.15. The molecule has 1 rings (SSSR count). The first-order valence-electron chi connectivity index (χ1n) is 7.40. The third-order valence-electron chi connectivity index (χ3n) is 3.58. The van der Waals surface area contributed by atoms with E-state index in [9.17, 15) is 9.00 Å². The molecule has 0 saturated carbocycles. The molecule has 0 saturated heterocycles. The fourth-order valence-electron chi connectivity index (χ4n) is 1.81. The summed E-state index contributed by atoms with van der Waals surface area (Å²) in [5.41, 5.74) is 7.33. The number of hydrogen-bond acceptors (Lipinski definition) is 3. The van der Waals surface area contributed by atoms with Crippen molar-refractivity contribution in [2.75, 3.05) is 11.1 Å². The molecule has 1 aromatic rings. The Balaban J connectivity index is 2.32. The second-order valence-corrected chi connectivity index (χ2v) is 7.50. The Morgan fingerprint density at radius 3 is 2.38 bits per heavy atom. The lowest BCUT2D eigenvalue weighted by molar-refractivity contribution is -0.116. The predicted molar refractivity (Wildman–Crippen MR) is 89.5 cm³/mol. The van der Waals surface area contributed by atoms with Gasteiger partial charge < -0.3 is 11.1 Å². The van der Waals surface area contributed by atoms with E-state index in [2.05, 4.69) is 19.2 Å². The average Bonchev–Trinajstić information content (AvgIpc) is 2.46. The van der Waals surface area contributed by atoms with Gasteiger partial charge in [0.25, 0.3) is 0 Å². The molecule has 0 heterocycles. The zero-order chi connectivity index (χ0) is 15.8. The Labute approximate surface area is 130 Å². The summed E-state index contributed by atoms with van der Waals surface area (Å²) < 4.78 is 12.0. The second kappa shape index (κ2) is 8.95. The number of carbonyl (C=O) groups is 1. The van der Waals surface area contributed by atoms with Gasteiger partial charge in [-0.2, -0.15) is 0 Å². The lowest BCUT2D eigenvalue weighted by Gasteiger charge is -2.14. The van der Waals surface area contributed by atoms with Gasteiger partial charge >= 0.3 is 0 Å². The van der Waals surface area contributed by atoms with E-state index in [0.717, 1.165) is 11.3 Å². The summed E-state index contributed by atoms with van der Waals surface area (Å²) in [7, 11) is -0.856. The Morgan fingerprint density at radius 2 is 1.86 bits per heavy atom. The predicted octanol–water partition coefficient (Wildman–Crippen LogP) is 2.66. The number of nitrogens with one attached hydrogen (secondary N) is 1. The van der Waals surface area contributed by atoms with Gasteiger partial charge in [-0.15, -0.1) is 0 Å². The minimum atomic E-state index is -0.856. The molecule has 0 spiro atoms. The molecule has 0 aliphatic heterocycles. The SMILES string of the molecule is CC(C)C(C)S(=O)CCCC(=O)Nc1ccc(CN)cc1. The molecule has 3 N–H and O–H groups in total. The monoisotopic (exact) mass is 310 g/mol. The van der Waals surface area contributed by atoms with Crippen LogP contribution in [0.1, 0.15) is 39.2 Å². The molecule has 5 heteroatoms. The molecule has 4 nitrogen and oxygen atoms in total. The van der Waals surface area contributed by atoms with E-state index < -0.39 is 10.8 Å². The van der Waals surface area contributed by atoms with Crippen LogP contribution >= 0.6 is 0 Å². The van der Waals surface area contributed by atoms with Crippen LogP contribution in [0.25, 0.3) is 0 Å². The summed E-state index contributed by atoms with van der Waals surface area (Å²) in [5.74, 6) is 0.948. The standard InChI is InChI=1S/C16H26N2O2S/c1-12(2)13(3)21(20)10-4-5-16(19)18-15-8-6-14(11-17)7-9-15/h6-9,12-13H,4-5,10-11,17H2,1-3H3,(H,18,19). The molecule has 2 unspecified atom stereocenters. The number of nitrogens with two attached hydrogens (primary N) is 1. The third-order valence-corrected chi connectivity index (χ3v) is 5.64. The summed E-state index contributed by atoms with van der Waals surface area (Å²) in [4.78, 5) is 11.8. The maximum absolute atomic E-state index is 12.0. The van der Waals surface area contributed by atoms with Gasteiger partial charge in [-0.05, 0) is 30.0 Å². The van der Waals surface area contributed by atoms with Crippen molar-refractivity contribution < 1.29 is 9.00 Å². The summed E-state index contributed by atoms with van der Waals surface area (Å²) in [6, 6.07) is 7.49. The van der Waals surface area contributed by atoms with Crippen molar-refractivity contribution in [2.24, 2.45) is 11.7 Å². The fraction of sp³-hybridized carbons (Fsp3) is 0.562. The van der Waals surface area contributed by atoms with E-state index in [1.807, 2.05) is 31.2 Å². The zero-order valence-electron chi connectivity index (χ0n) is 13.1. The largest absolute Gasteiger partial charge is 0.326 e. The Kier molecular flexibility index (Phi) is 7.61. The molecule has 118 valence electrons. The molecule has 0 aliphatic carbocycles. The molecule has 1 aromatic carbocycles. The van der Waals surface area contributed by atoms with E-state index in [0.29, 0.717) is 31.1 Å². The van der Waals surface area contributed by atoms with E-state index in [1.165, 1.54) is 0 Å². The van der Waals surface area contributed by atoms with Crippen LogP contribution in [-0.4, -0.2) is 21.1 Å². The summed E-state index contributed by atoms with van der Waals surface area (Å²) in [6.45, 7) is 6.63. The topological polar surface area (TPSA) is 72.2 Å². The normalized spacial score (nSPS) is 14.0. The van der Waals surface area contributed by atoms with E-state index in [1.54, 1.807) is 0 Å². The molecule has 0 aliphatic rings. The Morgan fingerprint density at radius 1 is 1.24 bits per heavy atom. The quantitative estimate of drug-likeness (QED) is 0.775. The maximum atomic E-state index is 12.0. The van der Waals surface area contributed by atoms with Crippen LogP contribution in [0.4, 0.5) is 5.69 Å². The zero-order valence-corrected chi connectivity index (χ0v) is 13.9. The van der Waals surface area contributed by atoms with Crippen molar-refractivity contribution >= 4 is 22.4 Å². The summed E-state index contributed by atoms with van der Waals surface area (Å²) >= 11 is 0.